The van der Waals surface area contributed by atoms with Crippen LogP contribution in [0.25, 0.3) is 11.1 Å². The molecule has 2 aromatic carbocycles. The lowest BCUT2D eigenvalue weighted by Gasteiger charge is -2.50. The molecular weight excluding hydrogens is 412 g/mol. The summed E-state index contributed by atoms with van der Waals surface area (Å²) in [6.45, 7) is 4.96. The van der Waals surface area contributed by atoms with Crippen molar-refractivity contribution in [2.24, 2.45) is 10.8 Å². The maximum absolute atomic E-state index is 3.89. The van der Waals surface area contributed by atoms with E-state index < -0.39 is 0 Å². The van der Waals surface area contributed by atoms with E-state index in [0.29, 0.717) is 0 Å². The quantitative estimate of drug-likeness (QED) is 0.471. The number of benzene rings is 2. The molecule has 0 amide bonds. The molecule has 0 aromatic heterocycles. The first kappa shape index (κ1) is 15.9. The van der Waals surface area contributed by atoms with E-state index >= 15 is 0 Å². The van der Waals surface area contributed by atoms with Gasteiger partial charge in [0.05, 0.1) is 0 Å². The van der Waals surface area contributed by atoms with Gasteiger partial charge < -0.3 is 0 Å². The molecule has 2 heteroatoms. The summed E-state index contributed by atoms with van der Waals surface area (Å²) >= 11 is 7.77. The Morgan fingerprint density at radius 3 is 1.52 bits per heavy atom. The molecule has 2 atom stereocenters. The Bertz CT molecular complexity index is 700. The van der Waals surface area contributed by atoms with Gasteiger partial charge in [-0.1, -0.05) is 94.2 Å². The zero-order valence-electron chi connectivity index (χ0n) is 13.7. The summed E-state index contributed by atoms with van der Waals surface area (Å²) in [5.74, 6) is 0. The predicted octanol–water partition coefficient (Wildman–Crippen LogP) is 6.55. The van der Waals surface area contributed by atoms with Gasteiger partial charge in [0.2, 0.25) is 0 Å². The molecule has 120 valence electrons. The van der Waals surface area contributed by atoms with Crippen LogP contribution in [0.3, 0.4) is 0 Å². The van der Waals surface area contributed by atoms with Crippen LogP contribution in [0.15, 0.2) is 48.5 Å². The van der Waals surface area contributed by atoms with Crippen molar-refractivity contribution in [3.63, 3.8) is 0 Å². The molecule has 4 rings (SSSR count). The highest BCUT2D eigenvalue weighted by Crippen LogP contribution is 2.72. The number of halogens is 2. The van der Waals surface area contributed by atoms with Gasteiger partial charge in [0, 0.05) is 16.1 Å². The minimum atomic E-state index is 0.0696. The van der Waals surface area contributed by atoms with Crippen LogP contribution in [-0.4, -0.2) is 10.7 Å². The van der Waals surface area contributed by atoms with E-state index in [0.717, 1.165) is 10.7 Å². The van der Waals surface area contributed by atoms with Crippen LogP contribution in [-0.2, 0) is 5.41 Å². The molecule has 1 spiro atoms. The lowest BCUT2D eigenvalue weighted by molar-refractivity contribution is 0.160. The Labute approximate surface area is 155 Å². The fourth-order valence-electron chi connectivity index (χ4n) is 5.52. The Hall–Kier alpha value is -0.600. The van der Waals surface area contributed by atoms with Gasteiger partial charge >= 0.3 is 0 Å². The summed E-state index contributed by atoms with van der Waals surface area (Å²) in [6, 6.07) is 18.2. The minimum absolute atomic E-state index is 0.0696. The van der Waals surface area contributed by atoms with Crippen molar-refractivity contribution in [2.45, 2.75) is 32.1 Å². The largest absolute Gasteiger partial charge is 0.0922 e. The smallest absolute Gasteiger partial charge is 0.0338 e. The lowest BCUT2D eigenvalue weighted by Crippen LogP contribution is -2.50. The predicted molar refractivity (Wildman–Crippen MR) is 106 cm³/mol. The van der Waals surface area contributed by atoms with E-state index in [2.05, 4.69) is 94.2 Å². The van der Waals surface area contributed by atoms with Gasteiger partial charge in [-0.2, -0.15) is 0 Å². The first-order valence-electron chi connectivity index (χ1n) is 8.35. The number of hydrogen-bond donors (Lipinski definition) is 0. The van der Waals surface area contributed by atoms with Gasteiger partial charge in [-0.05, 0) is 45.9 Å². The Morgan fingerprint density at radius 1 is 0.739 bits per heavy atom. The molecule has 2 aliphatic carbocycles. The van der Waals surface area contributed by atoms with E-state index in [9.17, 15) is 0 Å². The minimum Gasteiger partial charge on any atom is -0.0922 e. The first-order chi connectivity index (χ1) is 11.0. The van der Waals surface area contributed by atoms with E-state index in [4.69, 9.17) is 0 Å². The van der Waals surface area contributed by atoms with Crippen molar-refractivity contribution < 1.29 is 0 Å². The summed E-state index contributed by atoms with van der Waals surface area (Å²) in [4.78, 5) is 0. The van der Waals surface area contributed by atoms with Crippen molar-refractivity contribution >= 4 is 31.9 Å². The van der Waals surface area contributed by atoms with Crippen LogP contribution in [0.1, 0.15) is 37.8 Å². The van der Waals surface area contributed by atoms with Crippen molar-refractivity contribution in [1.82, 2.24) is 0 Å². The number of alkyl halides is 2. The number of fused-ring (bicyclic) bond motifs is 5. The highest BCUT2D eigenvalue weighted by molar-refractivity contribution is 9.09. The fourth-order valence-corrected chi connectivity index (χ4v) is 6.93. The van der Waals surface area contributed by atoms with Gasteiger partial charge in [-0.15, -0.1) is 0 Å². The summed E-state index contributed by atoms with van der Waals surface area (Å²) in [5.41, 5.74) is 6.44. The molecule has 2 unspecified atom stereocenters. The Morgan fingerprint density at radius 2 is 1.13 bits per heavy atom. The molecule has 2 aliphatic rings. The maximum atomic E-state index is 3.89. The van der Waals surface area contributed by atoms with Crippen molar-refractivity contribution in [3.8, 4) is 11.1 Å². The highest BCUT2D eigenvalue weighted by atomic mass is 79.9. The van der Waals surface area contributed by atoms with Crippen LogP contribution in [0.2, 0.25) is 0 Å². The Balaban J connectivity index is 2.17. The molecule has 0 N–H and O–H groups in total. The second kappa shape index (κ2) is 5.20. The van der Waals surface area contributed by atoms with Crippen LogP contribution < -0.4 is 0 Å². The lowest BCUT2D eigenvalue weighted by atomic mass is 9.54. The second-order valence-electron chi connectivity index (χ2n) is 7.73. The monoisotopic (exact) mass is 432 g/mol. The van der Waals surface area contributed by atoms with Gasteiger partial charge in [-0.25, -0.2) is 0 Å². The Kier molecular flexibility index (Phi) is 3.59. The molecule has 1 saturated carbocycles. The first-order valence-corrected chi connectivity index (χ1v) is 10.6. The maximum Gasteiger partial charge on any atom is 0.0338 e. The van der Waals surface area contributed by atoms with Gasteiger partial charge in [0.15, 0.2) is 0 Å². The van der Waals surface area contributed by atoms with Crippen molar-refractivity contribution in [2.75, 3.05) is 10.7 Å². The molecule has 0 radical (unpaired) electrons. The van der Waals surface area contributed by atoms with Gasteiger partial charge in [0.25, 0.3) is 0 Å². The SMILES string of the molecule is CC1(CBr)CCC(C)(CBr)C12c1ccccc1-c1ccccc12. The van der Waals surface area contributed by atoms with Crippen LogP contribution >= 0.6 is 31.9 Å². The zero-order valence-corrected chi connectivity index (χ0v) is 16.9. The third-order valence-electron chi connectivity index (χ3n) is 6.58. The normalized spacial score (nSPS) is 30.4. The van der Waals surface area contributed by atoms with Crippen molar-refractivity contribution in [1.29, 1.82) is 0 Å². The second-order valence-corrected chi connectivity index (χ2v) is 8.85. The topological polar surface area (TPSA) is 0 Å². The molecular formula is C21H22Br2. The average molecular weight is 434 g/mol. The number of rotatable bonds is 2. The molecule has 0 nitrogen and oxygen atoms in total. The summed E-state index contributed by atoms with van der Waals surface area (Å²) in [7, 11) is 0. The molecule has 23 heavy (non-hydrogen) atoms. The third kappa shape index (κ3) is 1.72. The van der Waals surface area contributed by atoms with E-state index in [-0.39, 0.29) is 16.2 Å². The zero-order chi connectivity index (χ0) is 16.3. The average Bonchev–Trinajstić information content (AvgIpc) is 3.04. The van der Waals surface area contributed by atoms with Crippen LogP contribution in [0.4, 0.5) is 0 Å². The summed E-state index contributed by atoms with van der Waals surface area (Å²) < 4.78 is 0. The molecule has 0 saturated heterocycles. The molecule has 2 aromatic rings. The van der Waals surface area contributed by atoms with Crippen LogP contribution in [0.5, 0.6) is 0 Å². The molecule has 0 bridgehead atoms. The fraction of sp³-hybridized carbons (Fsp3) is 0.429. The molecule has 1 fully saturated rings. The summed E-state index contributed by atoms with van der Waals surface area (Å²) in [5, 5.41) is 2.07. The van der Waals surface area contributed by atoms with E-state index in [1.54, 1.807) is 0 Å². The molecule has 0 aliphatic heterocycles. The van der Waals surface area contributed by atoms with Crippen LogP contribution in [0, 0.1) is 10.8 Å². The van der Waals surface area contributed by atoms with Gasteiger partial charge in [-0.3, -0.25) is 0 Å². The third-order valence-corrected chi connectivity index (χ3v) is 9.06. The van der Waals surface area contributed by atoms with E-state index in [1.807, 2.05) is 0 Å². The molecule has 0 heterocycles. The summed E-state index contributed by atoms with van der Waals surface area (Å²) in [6.07, 6.45) is 2.51. The van der Waals surface area contributed by atoms with Crippen molar-refractivity contribution in [3.05, 3.63) is 59.7 Å². The highest BCUT2D eigenvalue weighted by Gasteiger charge is 2.66. The van der Waals surface area contributed by atoms with Gasteiger partial charge in [0.1, 0.15) is 0 Å². The standard InChI is InChI=1S/C21H22Br2/c1-19(13-22)11-12-20(2,14-23)21(19)17-9-5-3-7-15(17)16-8-4-6-10-18(16)21/h3-10H,11-14H2,1-2H3. The number of hydrogen-bond acceptors (Lipinski definition) is 0. The van der Waals surface area contributed by atoms with E-state index in [1.165, 1.54) is 35.1 Å².